The Morgan fingerprint density at radius 3 is 2.96 bits per heavy atom. The Balaban J connectivity index is 1.69. The number of nitrogens with one attached hydrogen (secondary N) is 2. The Kier molecular flexibility index (Phi) is 3.83. The molecule has 2 N–H and O–H groups in total. The first kappa shape index (κ1) is 15.6. The number of amides is 1. The highest BCUT2D eigenvalue weighted by atomic mass is 16.6. The fourth-order valence-corrected chi connectivity index (χ4v) is 3.63. The van der Waals surface area contributed by atoms with Crippen LogP contribution in [-0.4, -0.2) is 39.1 Å². The minimum absolute atomic E-state index is 0.0505. The van der Waals surface area contributed by atoms with Crippen molar-refractivity contribution in [1.29, 1.82) is 0 Å². The minimum atomic E-state index is -0.343. The summed E-state index contributed by atoms with van der Waals surface area (Å²) in [5.74, 6) is 0.908. The molecule has 1 amide bonds. The van der Waals surface area contributed by atoms with Crippen molar-refractivity contribution in [3.8, 4) is 0 Å². The normalized spacial score (nSPS) is 20.1. The molecule has 9 heteroatoms. The number of rotatable bonds is 3. The van der Waals surface area contributed by atoms with Gasteiger partial charge in [0, 0.05) is 37.2 Å². The molecule has 9 nitrogen and oxygen atoms in total. The third-order valence-electron chi connectivity index (χ3n) is 4.88. The Bertz CT molecular complexity index is 820. The van der Waals surface area contributed by atoms with Gasteiger partial charge in [0.2, 0.25) is 5.91 Å². The third kappa shape index (κ3) is 2.92. The van der Waals surface area contributed by atoms with Gasteiger partial charge >= 0.3 is 0 Å². The zero-order chi connectivity index (χ0) is 17.4. The molecule has 3 heterocycles. The van der Waals surface area contributed by atoms with E-state index in [1.807, 2.05) is 4.90 Å². The Hall–Kier alpha value is -2.97. The molecule has 1 aromatic heterocycles. The van der Waals surface area contributed by atoms with Crippen molar-refractivity contribution < 1.29 is 9.72 Å². The molecule has 1 saturated heterocycles. The van der Waals surface area contributed by atoms with Gasteiger partial charge in [0.25, 0.3) is 5.69 Å². The van der Waals surface area contributed by atoms with Crippen LogP contribution in [0.3, 0.4) is 0 Å². The van der Waals surface area contributed by atoms with Gasteiger partial charge in [0.1, 0.15) is 17.8 Å². The number of anilines is 2. The number of piperidine rings is 1. The summed E-state index contributed by atoms with van der Waals surface area (Å²) in [6, 6.07) is 3.34. The molecule has 0 spiro atoms. The number of aryl methyl sites for hydroxylation is 1. The zero-order valence-corrected chi connectivity index (χ0v) is 13.6. The van der Waals surface area contributed by atoms with Gasteiger partial charge < -0.3 is 10.2 Å². The number of hydrogen-bond acceptors (Lipinski definition) is 6. The first-order valence-corrected chi connectivity index (χ1v) is 8.33. The van der Waals surface area contributed by atoms with E-state index in [9.17, 15) is 14.9 Å². The van der Waals surface area contributed by atoms with Crippen LogP contribution in [0.2, 0.25) is 0 Å². The van der Waals surface area contributed by atoms with Crippen LogP contribution in [0.4, 0.5) is 17.1 Å². The predicted molar refractivity (Wildman–Crippen MR) is 90.6 cm³/mol. The highest BCUT2D eigenvalue weighted by Gasteiger charge is 2.30. The standard InChI is InChI=1S/C16H18N6O3/c23-15-4-3-10-6-14(22(24)25)13(7-12(10)19-15)21-5-1-2-11(8-21)16-17-9-18-20-16/h6-7,9,11H,1-5,8H2,(H,19,23)(H,17,18,20)/t11-/m0/s1. The van der Waals surface area contributed by atoms with Crippen LogP contribution >= 0.6 is 0 Å². The van der Waals surface area contributed by atoms with E-state index in [2.05, 4.69) is 20.5 Å². The molecule has 2 aliphatic rings. The fraction of sp³-hybridized carbons (Fsp3) is 0.438. The summed E-state index contributed by atoms with van der Waals surface area (Å²) < 4.78 is 0. The number of fused-ring (bicyclic) bond motifs is 1. The molecule has 130 valence electrons. The first-order valence-electron chi connectivity index (χ1n) is 8.33. The van der Waals surface area contributed by atoms with Gasteiger partial charge in [-0.15, -0.1) is 0 Å². The van der Waals surface area contributed by atoms with Gasteiger partial charge in [-0.3, -0.25) is 20.0 Å². The summed E-state index contributed by atoms with van der Waals surface area (Å²) in [5.41, 5.74) is 2.14. The van der Waals surface area contributed by atoms with Crippen LogP contribution in [0.5, 0.6) is 0 Å². The van der Waals surface area contributed by atoms with Gasteiger partial charge in [-0.2, -0.15) is 5.10 Å². The van der Waals surface area contributed by atoms with Gasteiger partial charge in [0.05, 0.1) is 4.92 Å². The van der Waals surface area contributed by atoms with Crippen molar-refractivity contribution in [3.63, 3.8) is 0 Å². The van der Waals surface area contributed by atoms with E-state index in [1.165, 1.54) is 6.33 Å². The second kappa shape index (κ2) is 6.15. The highest BCUT2D eigenvalue weighted by Crippen LogP contribution is 2.39. The Morgan fingerprint density at radius 1 is 1.32 bits per heavy atom. The maximum atomic E-state index is 11.7. The van der Waals surface area contributed by atoms with Crippen molar-refractivity contribution in [2.45, 2.75) is 31.6 Å². The summed E-state index contributed by atoms with van der Waals surface area (Å²) in [6.07, 6.45) is 4.24. The number of nitro groups is 1. The molecule has 0 unspecified atom stereocenters. The van der Waals surface area contributed by atoms with Crippen LogP contribution in [-0.2, 0) is 11.2 Å². The predicted octanol–water partition coefficient (Wildman–Crippen LogP) is 1.98. The quantitative estimate of drug-likeness (QED) is 0.650. The van der Waals surface area contributed by atoms with Crippen LogP contribution < -0.4 is 10.2 Å². The maximum absolute atomic E-state index is 11.7. The number of nitrogens with zero attached hydrogens (tertiary/aromatic N) is 4. The van der Waals surface area contributed by atoms with Crippen molar-refractivity contribution in [3.05, 3.63) is 40.0 Å². The van der Waals surface area contributed by atoms with Gasteiger partial charge in [0.15, 0.2) is 0 Å². The number of carbonyl (C=O) groups is 1. The molecule has 1 fully saturated rings. The van der Waals surface area contributed by atoms with E-state index in [4.69, 9.17) is 0 Å². The van der Waals surface area contributed by atoms with Crippen molar-refractivity contribution in [2.24, 2.45) is 0 Å². The summed E-state index contributed by atoms with van der Waals surface area (Å²) in [7, 11) is 0. The van der Waals surface area contributed by atoms with Crippen molar-refractivity contribution in [1.82, 2.24) is 15.2 Å². The second-order valence-electron chi connectivity index (χ2n) is 6.46. The fourth-order valence-electron chi connectivity index (χ4n) is 3.63. The molecule has 0 aliphatic carbocycles. The minimum Gasteiger partial charge on any atom is -0.365 e. The largest absolute Gasteiger partial charge is 0.365 e. The summed E-state index contributed by atoms with van der Waals surface area (Å²) >= 11 is 0. The lowest BCUT2D eigenvalue weighted by Crippen LogP contribution is -2.35. The molecule has 1 aromatic carbocycles. The maximum Gasteiger partial charge on any atom is 0.292 e. The number of hydrogen-bond donors (Lipinski definition) is 2. The molecular weight excluding hydrogens is 324 g/mol. The SMILES string of the molecule is O=C1CCc2cc([N+](=O)[O-])c(N3CCC[C@H](c4ncn[nH]4)C3)cc2N1. The van der Waals surface area contributed by atoms with Gasteiger partial charge in [-0.25, -0.2) is 4.98 Å². The zero-order valence-electron chi connectivity index (χ0n) is 13.6. The molecule has 1 atom stereocenters. The molecule has 2 aliphatic heterocycles. The number of aromatic amines is 1. The number of aromatic nitrogens is 3. The van der Waals surface area contributed by atoms with Gasteiger partial charge in [-0.1, -0.05) is 0 Å². The van der Waals surface area contributed by atoms with Crippen molar-refractivity contribution >= 4 is 23.0 Å². The van der Waals surface area contributed by atoms with E-state index >= 15 is 0 Å². The molecule has 4 rings (SSSR count). The third-order valence-corrected chi connectivity index (χ3v) is 4.88. The summed E-state index contributed by atoms with van der Waals surface area (Å²) in [4.78, 5) is 29.1. The highest BCUT2D eigenvalue weighted by molar-refractivity contribution is 5.95. The van der Waals surface area contributed by atoms with Crippen LogP contribution in [0.25, 0.3) is 0 Å². The number of benzene rings is 1. The summed E-state index contributed by atoms with van der Waals surface area (Å²) in [5, 5.41) is 21.2. The van der Waals surface area contributed by atoms with Gasteiger partial charge in [-0.05, 0) is 30.9 Å². The number of H-pyrrole nitrogens is 1. The smallest absolute Gasteiger partial charge is 0.292 e. The van der Waals surface area contributed by atoms with Crippen molar-refractivity contribution in [2.75, 3.05) is 23.3 Å². The first-order chi connectivity index (χ1) is 12.1. The lowest BCUT2D eigenvalue weighted by Gasteiger charge is -2.33. The Labute approximate surface area is 143 Å². The summed E-state index contributed by atoms with van der Waals surface area (Å²) in [6.45, 7) is 1.36. The second-order valence-corrected chi connectivity index (χ2v) is 6.46. The van der Waals surface area contributed by atoms with E-state index in [0.717, 1.165) is 30.8 Å². The molecule has 25 heavy (non-hydrogen) atoms. The monoisotopic (exact) mass is 342 g/mol. The van der Waals surface area contributed by atoms with Crippen LogP contribution in [0, 0.1) is 10.1 Å². The van der Waals surface area contributed by atoms with E-state index in [-0.39, 0.29) is 22.4 Å². The van der Waals surface area contributed by atoms with Crippen LogP contribution in [0.1, 0.15) is 36.6 Å². The molecule has 0 radical (unpaired) electrons. The van der Waals surface area contributed by atoms with E-state index in [0.29, 0.717) is 30.8 Å². The van der Waals surface area contributed by atoms with E-state index in [1.54, 1.807) is 12.1 Å². The molecule has 2 aromatic rings. The molecule has 0 bridgehead atoms. The average Bonchev–Trinajstić information content (AvgIpc) is 3.15. The number of nitro benzene ring substituents is 1. The Morgan fingerprint density at radius 2 is 2.20 bits per heavy atom. The molecule has 0 saturated carbocycles. The number of carbonyl (C=O) groups excluding carboxylic acids is 1. The topological polar surface area (TPSA) is 117 Å². The van der Waals surface area contributed by atoms with E-state index < -0.39 is 0 Å². The lowest BCUT2D eigenvalue weighted by atomic mass is 9.95. The average molecular weight is 342 g/mol. The molecular formula is C16H18N6O3. The van der Waals surface area contributed by atoms with Crippen LogP contribution in [0.15, 0.2) is 18.5 Å². The lowest BCUT2D eigenvalue weighted by molar-refractivity contribution is -0.384.